The van der Waals surface area contributed by atoms with Gasteiger partial charge >= 0.3 is 18.7 Å². The third kappa shape index (κ3) is 6.56. The number of hydrogen-bond donors (Lipinski definition) is 2. The SMILES string of the molecule is C[C@H](NC(=O)OC(C)(C)C)c1oc(-c2ccc(OC(F)F)c(OC3CCOC3)c2)nc1C(=O)O. The van der Waals surface area contributed by atoms with Gasteiger partial charge < -0.3 is 33.8 Å². The summed E-state index contributed by atoms with van der Waals surface area (Å²) in [5, 5.41) is 12.1. The summed E-state index contributed by atoms with van der Waals surface area (Å²) in [5.41, 5.74) is -0.915. The number of nitrogens with one attached hydrogen (secondary N) is 1. The number of aromatic carboxylic acids is 1. The van der Waals surface area contributed by atoms with E-state index in [4.69, 9.17) is 18.6 Å². The molecule has 1 saturated heterocycles. The molecule has 2 N–H and O–H groups in total. The lowest BCUT2D eigenvalue weighted by Crippen LogP contribution is -2.34. The molecule has 1 aliphatic heterocycles. The van der Waals surface area contributed by atoms with Crippen molar-refractivity contribution in [2.45, 2.75) is 58.5 Å². The predicted molar refractivity (Wildman–Crippen MR) is 113 cm³/mol. The zero-order chi connectivity index (χ0) is 25.0. The molecular weight excluding hydrogens is 458 g/mol. The highest BCUT2D eigenvalue weighted by atomic mass is 19.3. The number of carboxylic acid groups (broad SMARTS) is 1. The number of alkyl carbamates (subject to hydrolysis) is 1. The van der Waals surface area contributed by atoms with E-state index in [0.717, 1.165) is 0 Å². The van der Waals surface area contributed by atoms with Crippen molar-refractivity contribution in [2.75, 3.05) is 13.2 Å². The molecule has 186 valence electrons. The predicted octanol–water partition coefficient (Wildman–Crippen LogP) is 4.39. The summed E-state index contributed by atoms with van der Waals surface area (Å²) in [6.45, 7) is 4.26. The molecular formula is C22H26F2N2O8. The molecule has 34 heavy (non-hydrogen) atoms. The molecule has 3 rings (SSSR count). The van der Waals surface area contributed by atoms with Crippen LogP contribution in [0.25, 0.3) is 11.5 Å². The Morgan fingerprint density at radius 1 is 1.26 bits per heavy atom. The van der Waals surface area contributed by atoms with Crippen LogP contribution < -0.4 is 14.8 Å². The largest absolute Gasteiger partial charge is 0.484 e. The molecule has 0 aliphatic carbocycles. The number of alkyl halides is 2. The molecule has 0 bridgehead atoms. The van der Waals surface area contributed by atoms with E-state index in [0.29, 0.717) is 19.6 Å². The number of carbonyl (C=O) groups excluding carboxylic acids is 1. The average Bonchev–Trinajstić information content (AvgIpc) is 3.37. The van der Waals surface area contributed by atoms with Crippen molar-refractivity contribution in [2.24, 2.45) is 0 Å². The number of ether oxygens (including phenoxy) is 4. The standard InChI is InChI=1S/C22H26F2N2O8/c1-11(25-21(29)34-22(2,3)4)17-16(19(27)28)26-18(33-17)12-5-6-14(32-20(23)24)15(9-12)31-13-7-8-30-10-13/h5-6,9,11,13,20H,7-8,10H2,1-4H3,(H,25,29)(H,27,28)/t11-,13?/m0/s1. The van der Waals surface area contributed by atoms with E-state index in [9.17, 15) is 23.5 Å². The van der Waals surface area contributed by atoms with E-state index < -0.39 is 36.0 Å². The fraction of sp³-hybridized carbons (Fsp3) is 0.500. The lowest BCUT2D eigenvalue weighted by molar-refractivity contribution is -0.0521. The molecule has 10 nitrogen and oxygen atoms in total. The maximum Gasteiger partial charge on any atom is 0.408 e. The second-order valence-electron chi connectivity index (χ2n) is 8.55. The Morgan fingerprint density at radius 2 is 2.00 bits per heavy atom. The molecule has 1 aromatic heterocycles. The molecule has 2 heterocycles. The van der Waals surface area contributed by atoms with Gasteiger partial charge in [0.2, 0.25) is 5.89 Å². The number of rotatable bonds is 8. The van der Waals surface area contributed by atoms with Crippen LogP contribution in [0, 0.1) is 0 Å². The summed E-state index contributed by atoms with van der Waals surface area (Å²) >= 11 is 0. The summed E-state index contributed by atoms with van der Waals surface area (Å²) in [6.07, 6.45) is -0.557. The van der Waals surface area contributed by atoms with Gasteiger partial charge in [0.1, 0.15) is 11.7 Å². The normalized spacial score (nSPS) is 16.9. The van der Waals surface area contributed by atoms with E-state index in [2.05, 4.69) is 15.0 Å². The summed E-state index contributed by atoms with van der Waals surface area (Å²) in [7, 11) is 0. The zero-order valence-corrected chi connectivity index (χ0v) is 19.1. The molecule has 2 atom stereocenters. The molecule has 1 fully saturated rings. The Morgan fingerprint density at radius 3 is 2.59 bits per heavy atom. The first-order chi connectivity index (χ1) is 15.9. The summed E-state index contributed by atoms with van der Waals surface area (Å²) in [6, 6.07) is 3.10. The quantitative estimate of drug-likeness (QED) is 0.560. The summed E-state index contributed by atoms with van der Waals surface area (Å²) in [4.78, 5) is 27.9. The topological polar surface area (TPSA) is 129 Å². The molecule has 1 aliphatic rings. The van der Waals surface area contributed by atoms with Gasteiger partial charge in [-0.1, -0.05) is 0 Å². The Labute approximate surface area is 194 Å². The highest BCUT2D eigenvalue weighted by molar-refractivity contribution is 5.87. The first kappa shape index (κ1) is 25.2. The molecule has 2 aromatic rings. The second kappa shape index (κ2) is 10.2. The molecule has 1 unspecified atom stereocenters. The van der Waals surface area contributed by atoms with E-state index >= 15 is 0 Å². The third-order valence-electron chi connectivity index (χ3n) is 4.57. The molecule has 0 spiro atoms. The minimum absolute atomic E-state index is 0.00449. The number of hydrogen-bond acceptors (Lipinski definition) is 8. The van der Waals surface area contributed by atoms with Crippen molar-refractivity contribution >= 4 is 12.1 Å². The number of carbonyl (C=O) groups is 2. The number of carboxylic acids is 1. The van der Waals surface area contributed by atoms with Gasteiger partial charge in [-0.2, -0.15) is 8.78 Å². The van der Waals surface area contributed by atoms with Gasteiger partial charge in [0.25, 0.3) is 0 Å². The number of aromatic nitrogens is 1. The van der Waals surface area contributed by atoms with Crippen molar-refractivity contribution < 1.29 is 46.8 Å². The Bertz CT molecular complexity index is 1030. The molecule has 1 aromatic carbocycles. The number of nitrogens with zero attached hydrogens (tertiary/aromatic N) is 1. The van der Waals surface area contributed by atoms with Crippen molar-refractivity contribution in [3.05, 3.63) is 29.7 Å². The van der Waals surface area contributed by atoms with Crippen molar-refractivity contribution in [3.63, 3.8) is 0 Å². The monoisotopic (exact) mass is 484 g/mol. The molecule has 0 radical (unpaired) electrons. The van der Waals surface area contributed by atoms with Crippen LogP contribution in [0.5, 0.6) is 11.5 Å². The molecule has 0 saturated carbocycles. The van der Waals surface area contributed by atoms with Gasteiger partial charge in [-0.3, -0.25) is 0 Å². The first-order valence-electron chi connectivity index (χ1n) is 10.5. The van der Waals surface area contributed by atoms with Crippen molar-refractivity contribution in [1.82, 2.24) is 10.3 Å². The smallest absolute Gasteiger partial charge is 0.408 e. The van der Waals surface area contributed by atoms with Gasteiger partial charge in [0.15, 0.2) is 23.0 Å². The second-order valence-corrected chi connectivity index (χ2v) is 8.55. The van der Waals surface area contributed by atoms with Crippen molar-refractivity contribution in [3.8, 4) is 23.0 Å². The molecule has 12 heteroatoms. The van der Waals surface area contributed by atoms with E-state index in [-0.39, 0.29) is 34.8 Å². The minimum atomic E-state index is -3.07. The van der Waals surface area contributed by atoms with Gasteiger partial charge in [-0.15, -0.1) is 0 Å². The van der Waals surface area contributed by atoms with Crippen LogP contribution in [0.3, 0.4) is 0 Å². The van der Waals surface area contributed by atoms with Crippen LogP contribution in [0.2, 0.25) is 0 Å². The van der Waals surface area contributed by atoms with Crippen LogP contribution >= 0.6 is 0 Å². The van der Waals surface area contributed by atoms with Gasteiger partial charge in [-0.05, 0) is 45.9 Å². The summed E-state index contributed by atoms with van der Waals surface area (Å²) in [5.74, 6) is -1.80. The van der Waals surface area contributed by atoms with Gasteiger partial charge in [-0.25, -0.2) is 14.6 Å². The highest BCUT2D eigenvalue weighted by Crippen LogP contribution is 2.36. The average molecular weight is 484 g/mol. The first-order valence-corrected chi connectivity index (χ1v) is 10.5. The number of oxazole rings is 1. The fourth-order valence-corrected chi connectivity index (χ4v) is 3.16. The number of halogens is 2. The lowest BCUT2D eigenvalue weighted by Gasteiger charge is -2.21. The Balaban J connectivity index is 1.91. The highest BCUT2D eigenvalue weighted by Gasteiger charge is 2.28. The van der Waals surface area contributed by atoms with E-state index in [1.165, 1.54) is 25.1 Å². The maximum absolute atomic E-state index is 12.8. The van der Waals surface area contributed by atoms with E-state index in [1.807, 2.05) is 0 Å². The van der Waals surface area contributed by atoms with Crippen LogP contribution in [0.1, 0.15) is 56.4 Å². The fourth-order valence-electron chi connectivity index (χ4n) is 3.16. The minimum Gasteiger partial charge on any atom is -0.484 e. The number of amides is 1. The van der Waals surface area contributed by atoms with E-state index in [1.54, 1.807) is 20.8 Å². The van der Waals surface area contributed by atoms with Crippen LogP contribution in [0.15, 0.2) is 22.6 Å². The van der Waals surface area contributed by atoms with Gasteiger partial charge in [0, 0.05) is 12.0 Å². The van der Waals surface area contributed by atoms with Gasteiger partial charge in [0.05, 0.1) is 19.3 Å². The lowest BCUT2D eigenvalue weighted by atomic mass is 10.2. The van der Waals surface area contributed by atoms with Crippen LogP contribution in [-0.4, -0.2) is 53.7 Å². The Hall–Kier alpha value is -3.41. The maximum atomic E-state index is 12.8. The van der Waals surface area contributed by atoms with Crippen LogP contribution in [0.4, 0.5) is 13.6 Å². The molecule has 1 amide bonds. The van der Waals surface area contributed by atoms with Crippen LogP contribution in [-0.2, 0) is 9.47 Å². The summed E-state index contributed by atoms with van der Waals surface area (Å²) < 4.78 is 52.1. The third-order valence-corrected chi connectivity index (χ3v) is 4.57. The Kier molecular flexibility index (Phi) is 7.60. The van der Waals surface area contributed by atoms with Crippen molar-refractivity contribution in [1.29, 1.82) is 0 Å². The zero-order valence-electron chi connectivity index (χ0n) is 19.1. The number of benzene rings is 1.